The number of carbonyl (C=O) groups excluding carboxylic acids is 3. The lowest BCUT2D eigenvalue weighted by molar-refractivity contribution is -0.145. The molecule has 0 aliphatic heterocycles. The van der Waals surface area contributed by atoms with Crippen molar-refractivity contribution in [2.45, 2.75) is 33.8 Å². The number of Topliss-reactive ketones (excluding diaryl/α,β-unsaturated/α-hetero) is 1. The molecule has 0 fully saturated rings. The quantitative estimate of drug-likeness (QED) is 0.587. The summed E-state index contributed by atoms with van der Waals surface area (Å²) in [6, 6.07) is 10.4. The van der Waals surface area contributed by atoms with Gasteiger partial charge in [0, 0.05) is 5.56 Å². The maximum absolute atomic E-state index is 12.6. The molecule has 2 aromatic carbocycles. The standard InChI is InChI=1S/C22H25NO5/c1-13-10-15(3)18(11-14(13)2)21(25)16(4)28-20(24)12-23-22(26)17-8-6-7-9-19(17)27-5/h6-11,16H,12H2,1-5H3,(H,23,26)/t16-/m0/s1. The maximum atomic E-state index is 12.6. The zero-order chi connectivity index (χ0) is 20.8. The molecule has 6 heteroatoms. The number of methoxy groups -OCH3 is 1. The minimum atomic E-state index is -0.948. The molecule has 0 spiro atoms. The predicted molar refractivity (Wildman–Crippen MR) is 106 cm³/mol. The summed E-state index contributed by atoms with van der Waals surface area (Å²) in [5.74, 6) is -1.02. The molecular formula is C22H25NO5. The van der Waals surface area contributed by atoms with Crippen LogP contribution in [0.1, 0.15) is 44.3 Å². The summed E-state index contributed by atoms with van der Waals surface area (Å²) in [5, 5.41) is 2.48. The van der Waals surface area contributed by atoms with Crippen molar-refractivity contribution in [3.63, 3.8) is 0 Å². The van der Waals surface area contributed by atoms with Crippen LogP contribution < -0.4 is 10.1 Å². The van der Waals surface area contributed by atoms with Crippen LogP contribution in [0.3, 0.4) is 0 Å². The molecule has 148 valence electrons. The highest BCUT2D eigenvalue weighted by molar-refractivity contribution is 6.02. The van der Waals surface area contributed by atoms with E-state index in [1.807, 2.05) is 26.8 Å². The van der Waals surface area contributed by atoms with Gasteiger partial charge in [0.1, 0.15) is 12.3 Å². The first-order chi connectivity index (χ1) is 13.2. The summed E-state index contributed by atoms with van der Waals surface area (Å²) in [6.07, 6.45) is -0.948. The third kappa shape index (κ3) is 4.97. The molecule has 6 nitrogen and oxygen atoms in total. The molecule has 2 aromatic rings. The van der Waals surface area contributed by atoms with Gasteiger partial charge in [-0.1, -0.05) is 18.2 Å². The second kappa shape index (κ2) is 9.17. The molecule has 1 N–H and O–H groups in total. The normalized spacial score (nSPS) is 11.5. The minimum Gasteiger partial charge on any atom is -0.496 e. The molecule has 1 amide bonds. The molecule has 0 radical (unpaired) electrons. The van der Waals surface area contributed by atoms with Crippen LogP contribution in [-0.2, 0) is 9.53 Å². The second-order valence-corrected chi connectivity index (χ2v) is 6.63. The van der Waals surface area contributed by atoms with Crippen molar-refractivity contribution in [2.24, 2.45) is 0 Å². The Balaban J connectivity index is 1.96. The van der Waals surface area contributed by atoms with Gasteiger partial charge in [0.15, 0.2) is 6.10 Å². The van der Waals surface area contributed by atoms with E-state index in [2.05, 4.69) is 5.32 Å². The van der Waals surface area contributed by atoms with E-state index < -0.39 is 18.0 Å². The Morgan fingerprint density at radius 2 is 1.61 bits per heavy atom. The van der Waals surface area contributed by atoms with Crippen molar-refractivity contribution in [2.75, 3.05) is 13.7 Å². The number of para-hydroxylation sites is 1. The van der Waals surface area contributed by atoms with E-state index in [1.165, 1.54) is 14.0 Å². The Morgan fingerprint density at radius 3 is 2.29 bits per heavy atom. The minimum absolute atomic E-state index is 0.273. The zero-order valence-corrected chi connectivity index (χ0v) is 16.8. The third-order valence-corrected chi connectivity index (χ3v) is 4.53. The topological polar surface area (TPSA) is 81.7 Å². The predicted octanol–water partition coefficient (Wildman–Crippen LogP) is 3.16. The highest BCUT2D eigenvalue weighted by Crippen LogP contribution is 2.18. The first kappa shape index (κ1) is 21.2. The highest BCUT2D eigenvalue weighted by Gasteiger charge is 2.22. The molecule has 0 saturated carbocycles. The van der Waals surface area contributed by atoms with E-state index in [9.17, 15) is 14.4 Å². The fourth-order valence-corrected chi connectivity index (χ4v) is 2.82. The van der Waals surface area contributed by atoms with Crippen LogP contribution in [0.5, 0.6) is 5.75 Å². The van der Waals surface area contributed by atoms with Gasteiger partial charge in [-0.15, -0.1) is 0 Å². The van der Waals surface area contributed by atoms with Crippen molar-refractivity contribution in [3.8, 4) is 5.75 Å². The number of amides is 1. The van der Waals surface area contributed by atoms with Gasteiger partial charge < -0.3 is 14.8 Å². The monoisotopic (exact) mass is 383 g/mol. The molecular weight excluding hydrogens is 358 g/mol. The number of rotatable bonds is 7. The van der Waals surface area contributed by atoms with Crippen LogP contribution in [0.25, 0.3) is 0 Å². The number of benzene rings is 2. The molecule has 28 heavy (non-hydrogen) atoms. The molecule has 0 unspecified atom stereocenters. The van der Waals surface area contributed by atoms with Crippen LogP contribution in [0.4, 0.5) is 0 Å². The number of hydrogen-bond acceptors (Lipinski definition) is 5. The van der Waals surface area contributed by atoms with E-state index >= 15 is 0 Å². The van der Waals surface area contributed by atoms with Crippen molar-refractivity contribution < 1.29 is 23.9 Å². The van der Waals surface area contributed by atoms with E-state index in [-0.39, 0.29) is 12.3 Å². The van der Waals surface area contributed by atoms with E-state index in [4.69, 9.17) is 9.47 Å². The van der Waals surface area contributed by atoms with Crippen LogP contribution in [-0.4, -0.2) is 37.4 Å². The Morgan fingerprint density at radius 1 is 0.964 bits per heavy atom. The Kier molecular flexibility index (Phi) is 6.93. The smallest absolute Gasteiger partial charge is 0.326 e. The summed E-state index contributed by atoms with van der Waals surface area (Å²) in [5.41, 5.74) is 3.77. The molecule has 1 atom stereocenters. The number of esters is 1. The number of hydrogen-bond donors (Lipinski definition) is 1. The molecule has 0 saturated heterocycles. The highest BCUT2D eigenvalue weighted by atomic mass is 16.5. The van der Waals surface area contributed by atoms with Crippen molar-refractivity contribution in [1.29, 1.82) is 0 Å². The maximum Gasteiger partial charge on any atom is 0.326 e. The largest absolute Gasteiger partial charge is 0.496 e. The van der Waals surface area contributed by atoms with Crippen molar-refractivity contribution in [3.05, 3.63) is 64.2 Å². The second-order valence-electron chi connectivity index (χ2n) is 6.63. The van der Waals surface area contributed by atoms with Gasteiger partial charge in [-0.05, 0) is 62.6 Å². The van der Waals surface area contributed by atoms with Gasteiger partial charge in [-0.3, -0.25) is 14.4 Å². The average Bonchev–Trinajstić information content (AvgIpc) is 2.68. The number of carbonyl (C=O) groups is 3. The summed E-state index contributed by atoms with van der Waals surface area (Å²) in [6.45, 7) is 6.93. The Bertz CT molecular complexity index is 904. The average molecular weight is 383 g/mol. The summed E-state index contributed by atoms with van der Waals surface area (Å²) in [4.78, 5) is 36.9. The molecule has 0 bridgehead atoms. The first-order valence-corrected chi connectivity index (χ1v) is 8.97. The summed E-state index contributed by atoms with van der Waals surface area (Å²) in [7, 11) is 1.46. The summed E-state index contributed by atoms with van der Waals surface area (Å²) >= 11 is 0. The summed E-state index contributed by atoms with van der Waals surface area (Å²) < 4.78 is 10.3. The van der Waals surface area contributed by atoms with Gasteiger partial charge in [-0.25, -0.2) is 0 Å². The van der Waals surface area contributed by atoms with Crippen LogP contribution in [0.2, 0.25) is 0 Å². The van der Waals surface area contributed by atoms with Crippen molar-refractivity contribution >= 4 is 17.7 Å². The van der Waals surface area contributed by atoms with Crippen LogP contribution >= 0.6 is 0 Å². The molecule has 0 aliphatic carbocycles. The Labute approximate surface area is 164 Å². The van der Waals surface area contributed by atoms with E-state index in [0.29, 0.717) is 16.9 Å². The van der Waals surface area contributed by atoms with Crippen molar-refractivity contribution in [1.82, 2.24) is 5.32 Å². The van der Waals surface area contributed by atoms with Crippen LogP contribution in [0, 0.1) is 20.8 Å². The molecule has 2 rings (SSSR count). The number of ketones is 1. The number of nitrogens with one attached hydrogen (secondary N) is 1. The fraction of sp³-hybridized carbons (Fsp3) is 0.318. The third-order valence-electron chi connectivity index (χ3n) is 4.53. The van der Waals surface area contributed by atoms with Gasteiger partial charge in [0.2, 0.25) is 5.78 Å². The van der Waals surface area contributed by atoms with Gasteiger partial charge in [0.25, 0.3) is 5.91 Å². The van der Waals surface area contributed by atoms with Gasteiger partial charge >= 0.3 is 5.97 Å². The van der Waals surface area contributed by atoms with Crippen LogP contribution in [0.15, 0.2) is 36.4 Å². The lowest BCUT2D eigenvalue weighted by atomic mass is 9.96. The molecule has 0 heterocycles. The lowest BCUT2D eigenvalue weighted by Gasteiger charge is -2.15. The first-order valence-electron chi connectivity index (χ1n) is 8.97. The molecule has 0 aliphatic rings. The van der Waals surface area contributed by atoms with Gasteiger partial charge in [0.05, 0.1) is 12.7 Å². The number of ether oxygens (including phenoxy) is 2. The van der Waals surface area contributed by atoms with E-state index in [0.717, 1.165) is 16.7 Å². The SMILES string of the molecule is COc1ccccc1C(=O)NCC(=O)O[C@@H](C)C(=O)c1cc(C)c(C)cc1C. The zero-order valence-electron chi connectivity index (χ0n) is 16.8. The molecule has 0 aromatic heterocycles. The van der Waals surface area contributed by atoms with E-state index in [1.54, 1.807) is 30.3 Å². The number of aryl methyl sites for hydroxylation is 3. The fourth-order valence-electron chi connectivity index (χ4n) is 2.82. The van der Waals surface area contributed by atoms with Gasteiger partial charge in [-0.2, -0.15) is 0 Å². The Hall–Kier alpha value is -3.15. The lowest BCUT2D eigenvalue weighted by Crippen LogP contribution is -2.34.